The van der Waals surface area contributed by atoms with Gasteiger partial charge < -0.3 is 14.9 Å². The van der Waals surface area contributed by atoms with Gasteiger partial charge in [-0.15, -0.1) is 0 Å². The highest BCUT2D eigenvalue weighted by molar-refractivity contribution is 5.59. The predicted octanol–water partition coefficient (Wildman–Crippen LogP) is 13.3. The van der Waals surface area contributed by atoms with Gasteiger partial charge in [0, 0.05) is 22.3 Å². The summed E-state index contributed by atoms with van der Waals surface area (Å²) in [5.41, 5.74) is 7.01. The fraction of sp³-hybridized carbons (Fsp3) is 0.714. The van der Waals surface area contributed by atoms with E-state index in [0.29, 0.717) is 11.5 Å². The summed E-state index contributed by atoms with van der Waals surface area (Å²) in [6.07, 6.45) is 26.2. The molecule has 0 unspecified atom stereocenters. The molecule has 0 bridgehead atoms. The molecule has 256 valence electrons. The van der Waals surface area contributed by atoms with Crippen molar-refractivity contribution < 1.29 is 14.9 Å². The average Bonchev–Trinajstić information content (AvgIpc) is 3.02. The van der Waals surface area contributed by atoms with Gasteiger partial charge in [0.05, 0.1) is 0 Å². The van der Waals surface area contributed by atoms with Crippen molar-refractivity contribution in [1.29, 1.82) is 0 Å². The van der Waals surface area contributed by atoms with E-state index in [1.165, 1.54) is 88.2 Å². The van der Waals surface area contributed by atoms with Crippen molar-refractivity contribution >= 4 is 0 Å². The molecule has 0 aliphatic carbocycles. The molecule has 2 rings (SSSR count). The lowest BCUT2D eigenvalue weighted by molar-refractivity contribution is 0.429. The van der Waals surface area contributed by atoms with Crippen LogP contribution < -0.4 is 4.74 Å². The molecule has 3 nitrogen and oxygen atoms in total. The summed E-state index contributed by atoms with van der Waals surface area (Å²) in [5.74, 6) is 2.97. The first-order valence-electron chi connectivity index (χ1n) is 19.4. The van der Waals surface area contributed by atoms with Crippen LogP contribution >= 0.6 is 0 Å². The zero-order chi connectivity index (χ0) is 32.9. The fourth-order valence-electron chi connectivity index (χ4n) is 6.76. The number of ether oxygens (including phenoxy) is 1. The van der Waals surface area contributed by atoms with Crippen LogP contribution in [-0.2, 0) is 38.5 Å². The topological polar surface area (TPSA) is 49.7 Å². The Hall–Kier alpha value is -2.16. The maximum Gasteiger partial charge on any atom is 0.134 e. The molecule has 0 spiro atoms. The van der Waals surface area contributed by atoms with Crippen LogP contribution in [0, 0.1) is 0 Å². The summed E-state index contributed by atoms with van der Waals surface area (Å²) in [4.78, 5) is 0. The summed E-state index contributed by atoms with van der Waals surface area (Å²) in [6.45, 7) is 13.5. The Morgan fingerprint density at radius 3 is 0.933 bits per heavy atom. The molecule has 0 saturated carbocycles. The highest BCUT2D eigenvalue weighted by atomic mass is 16.5. The number of aryl methyl sites for hydroxylation is 2. The first-order chi connectivity index (χ1) is 22.0. The minimum atomic E-state index is 0.466. The Labute approximate surface area is 278 Å². The van der Waals surface area contributed by atoms with Crippen molar-refractivity contribution in [3.8, 4) is 23.0 Å². The molecular weight excluding hydrogens is 552 g/mol. The Bertz CT molecular complexity index is 1000. The van der Waals surface area contributed by atoms with Crippen LogP contribution in [0.15, 0.2) is 12.1 Å². The molecule has 2 N–H and O–H groups in total. The zero-order valence-corrected chi connectivity index (χ0v) is 30.4. The SMILES string of the molecule is CCCCCc1cc(O)c(CCCCC)c(CCCCC)c1Oc1c(CCCCC)cc(O)c(CCCCC)c1CCCCC. The van der Waals surface area contributed by atoms with Crippen molar-refractivity contribution in [2.75, 3.05) is 0 Å². The maximum atomic E-state index is 11.5. The zero-order valence-electron chi connectivity index (χ0n) is 30.4. The van der Waals surface area contributed by atoms with Gasteiger partial charge in [-0.05, 0) is 100 Å². The third kappa shape index (κ3) is 12.9. The van der Waals surface area contributed by atoms with Crippen LogP contribution in [0.3, 0.4) is 0 Å². The standard InChI is InChI=1S/C42H70O3/c1-7-13-19-25-33-31-39(43)35(27-21-15-9-3)37(29-23-17-11-5)41(33)45-42-34(26-20-14-8-2)32-40(44)36(28-22-16-10-4)38(42)30-24-18-12-6/h31-32,43-44H,7-30H2,1-6H3. The summed E-state index contributed by atoms with van der Waals surface area (Å²) < 4.78 is 7.41. The second-order valence-corrected chi connectivity index (χ2v) is 13.5. The third-order valence-corrected chi connectivity index (χ3v) is 9.53. The van der Waals surface area contributed by atoms with Gasteiger partial charge in [-0.25, -0.2) is 0 Å². The lowest BCUT2D eigenvalue weighted by Crippen LogP contribution is -2.08. The molecule has 2 aromatic rings. The second kappa shape index (κ2) is 23.2. The normalized spacial score (nSPS) is 11.4. The van der Waals surface area contributed by atoms with Crippen LogP contribution in [0.2, 0.25) is 0 Å². The second-order valence-electron chi connectivity index (χ2n) is 13.5. The molecule has 0 aromatic heterocycles. The largest absolute Gasteiger partial charge is 0.508 e. The van der Waals surface area contributed by atoms with Crippen molar-refractivity contribution in [3.63, 3.8) is 0 Å². The number of rotatable bonds is 26. The number of aromatic hydroxyl groups is 2. The van der Waals surface area contributed by atoms with Crippen molar-refractivity contribution in [2.45, 2.75) is 196 Å². The summed E-state index contributed by atoms with van der Waals surface area (Å²) in [5, 5.41) is 23.0. The quantitative estimate of drug-likeness (QED) is 0.103. The minimum absolute atomic E-state index is 0.466. The molecule has 0 aliphatic rings. The number of hydrogen-bond acceptors (Lipinski definition) is 3. The van der Waals surface area contributed by atoms with E-state index in [0.717, 1.165) is 111 Å². The minimum Gasteiger partial charge on any atom is -0.508 e. The molecule has 45 heavy (non-hydrogen) atoms. The van der Waals surface area contributed by atoms with Crippen LogP contribution in [0.5, 0.6) is 23.0 Å². The van der Waals surface area contributed by atoms with E-state index in [4.69, 9.17) is 4.74 Å². The lowest BCUT2D eigenvalue weighted by Gasteiger charge is -2.25. The van der Waals surface area contributed by atoms with E-state index in [1.807, 2.05) is 12.1 Å². The third-order valence-electron chi connectivity index (χ3n) is 9.53. The van der Waals surface area contributed by atoms with Crippen LogP contribution in [-0.4, -0.2) is 10.2 Å². The summed E-state index contributed by atoms with van der Waals surface area (Å²) >= 11 is 0. The predicted molar refractivity (Wildman–Crippen MR) is 196 cm³/mol. The van der Waals surface area contributed by atoms with Crippen LogP contribution in [0.25, 0.3) is 0 Å². The Morgan fingerprint density at radius 2 is 0.644 bits per heavy atom. The van der Waals surface area contributed by atoms with Gasteiger partial charge in [-0.1, -0.05) is 119 Å². The Morgan fingerprint density at radius 1 is 0.378 bits per heavy atom. The van der Waals surface area contributed by atoms with Gasteiger partial charge in [0.1, 0.15) is 23.0 Å². The van der Waals surface area contributed by atoms with Gasteiger partial charge in [-0.3, -0.25) is 0 Å². The van der Waals surface area contributed by atoms with E-state index < -0.39 is 0 Å². The molecule has 0 atom stereocenters. The first-order valence-corrected chi connectivity index (χ1v) is 19.4. The number of hydrogen-bond donors (Lipinski definition) is 2. The van der Waals surface area contributed by atoms with E-state index >= 15 is 0 Å². The fourth-order valence-corrected chi connectivity index (χ4v) is 6.76. The van der Waals surface area contributed by atoms with Crippen LogP contribution in [0.1, 0.15) is 190 Å². The Balaban J connectivity index is 2.84. The van der Waals surface area contributed by atoms with Crippen molar-refractivity contribution in [1.82, 2.24) is 0 Å². The number of phenolic OH excluding ortho intramolecular Hbond substituents is 2. The van der Waals surface area contributed by atoms with E-state index in [9.17, 15) is 10.2 Å². The Kier molecular flexibility index (Phi) is 20.1. The number of unbranched alkanes of at least 4 members (excludes halogenated alkanes) is 12. The van der Waals surface area contributed by atoms with Crippen molar-refractivity contribution in [3.05, 3.63) is 45.5 Å². The first kappa shape index (κ1) is 39.0. The van der Waals surface area contributed by atoms with Crippen LogP contribution in [0.4, 0.5) is 0 Å². The molecule has 0 amide bonds. The summed E-state index contributed by atoms with van der Waals surface area (Å²) in [6, 6.07) is 4.09. The molecule has 3 heteroatoms. The van der Waals surface area contributed by atoms with Gasteiger partial charge in [0.15, 0.2) is 0 Å². The number of phenols is 2. The van der Waals surface area contributed by atoms with Gasteiger partial charge in [0.25, 0.3) is 0 Å². The molecule has 0 fully saturated rings. The van der Waals surface area contributed by atoms with E-state index in [-0.39, 0.29) is 0 Å². The summed E-state index contributed by atoms with van der Waals surface area (Å²) in [7, 11) is 0. The van der Waals surface area contributed by atoms with Gasteiger partial charge >= 0.3 is 0 Å². The molecule has 2 aromatic carbocycles. The monoisotopic (exact) mass is 623 g/mol. The smallest absolute Gasteiger partial charge is 0.134 e. The highest BCUT2D eigenvalue weighted by Crippen LogP contribution is 2.44. The average molecular weight is 623 g/mol. The van der Waals surface area contributed by atoms with Gasteiger partial charge in [0.2, 0.25) is 0 Å². The van der Waals surface area contributed by atoms with Gasteiger partial charge in [-0.2, -0.15) is 0 Å². The molecule has 0 saturated heterocycles. The molecule has 0 heterocycles. The van der Waals surface area contributed by atoms with E-state index in [2.05, 4.69) is 41.5 Å². The maximum absolute atomic E-state index is 11.5. The molecule has 0 aliphatic heterocycles. The highest BCUT2D eigenvalue weighted by Gasteiger charge is 2.24. The van der Waals surface area contributed by atoms with E-state index in [1.54, 1.807) is 0 Å². The molecule has 0 radical (unpaired) electrons. The number of benzene rings is 2. The molecular formula is C42H70O3. The lowest BCUT2D eigenvalue weighted by atomic mass is 9.90. The van der Waals surface area contributed by atoms with Crippen molar-refractivity contribution in [2.24, 2.45) is 0 Å².